The number of carbonyl (C=O) groups is 1. The molecular formula is C19H19Cl2FN6O4S. The largest absolute Gasteiger partial charge is 0.482 e. The maximum atomic E-state index is 13.3. The number of nitrogens with one attached hydrogen (secondary N) is 1. The number of halogens is 3. The van der Waals surface area contributed by atoms with Crippen LogP contribution in [0.4, 0.5) is 15.3 Å². The highest BCUT2D eigenvalue weighted by Gasteiger charge is 2.33. The molecule has 1 aliphatic heterocycles. The summed E-state index contributed by atoms with van der Waals surface area (Å²) in [5.41, 5.74) is 11.5. The normalized spacial score (nSPS) is 15.5. The average Bonchev–Trinajstić information content (AvgIpc) is 2.66. The van der Waals surface area contributed by atoms with Gasteiger partial charge in [0.2, 0.25) is 11.9 Å². The molecule has 0 spiro atoms. The van der Waals surface area contributed by atoms with Crippen molar-refractivity contribution >= 4 is 62.6 Å². The van der Waals surface area contributed by atoms with E-state index in [1.54, 1.807) is 30.9 Å². The number of anilines is 2. The third-order valence-electron chi connectivity index (χ3n) is 4.40. The molecule has 0 bridgehead atoms. The third-order valence-corrected chi connectivity index (χ3v) is 6.00. The second-order valence-corrected chi connectivity index (χ2v) is 9.43. The van der Waals surface area contributed by atoms with Gasteiger partial charge in [-0.05, 0) is 50.2 Å². The van der Waals surface area contributed by atoms with Gasteiger partial charge in [0.15, 0.2) is 6.61 Å². The SMILES string of the molecule is CC1(C)N=C(N)N=C(N)N1c1ccc(OCC(=O)Nc2ccc(Cl)c(S(=O)(=O)F)c2)c(Cl)c1. The summed E-state index contributed by atoms with van der Waals surface area (Å²) in [7, 11) is -5.05. The molecule has 2 aromatic rings. The molecule has 3 rings (SSSR count). The number of amides is 1. The van der Waals surface area contributed by atoms with Crippen molar-refractivity contribution in [3.8, 4) is 5.75 Å². The number of benzene rings is 2. The van der Waals surface area contributed by atoms with Gasteiger partial charge >= 0.3 is 10.2 Å². The fourth-order valence-corrected chi connectivity index (χ4v) is 4.30. The Morgan fingerprint density at radius 1 is 1.18 bits per heavy atom. The van der Waals surface area contributed by atoms with Crippen LogP contribution in [0.25, 0.3) is 0 Å². The number of hydrogen-bond donors (Lipinski definition) is 3. The van der Waals surface area contributed by atoms with Crippen molar-refractivity contribution in [1.82, 2.24) is 0 Å². The van der Waals surface area contributed by atoms with Crippen molar-refractivity contribution in [1.29, 1.82) is 0 Å². The van der Waals surface area contributed by atoms with Crippen molar-refractivity contribution < 1.29 is 21.8 Å². The Kier molecular flexibility index (Phi) is 6.73. The lowest BCUT2D eigenvalue weighted by Crippen LogP contribution is -2.54. The van der Waals surface area contributed by atoms with Gasteiger partial charge in [0.05, 0.1) is 10.0 Å². The molecule has 5 N–H and O–H groups in total. The zero-order chi connectivity index (χ0) is 24.6. The van der Waals surface area contributed by atoms with Crippen LogP contribution in [0.3, 0.4) is 0 Å². The molecule has 1 amide bonds. The summed E-state index contributed by atoms with van der Waals surface area (Å²) in [6, 6.07) is 8.11. The van der Waals surface area contributed by atoms with E-state index >= 15 is 0 Å². The lowest BCUT2D eigenvalue weighted by atomic mass is 10.1. The molecule has 0 aromatic heterocycles. The minimum Gasteiger partial charge on any atom is -0.482 e. The highest BCUT2D eigenvalue weighted by molar-refractivity contribution is 7.86. The van der Waals surface area contributed by atoms with Gasteiger partial charge < -0.3 is 21.5 Å². The Balaban J connectivity index is 1.70. The van der Waals surface area contributed by atoms with Crippen LogP contribution in [0.1, 0.15) is 13.8 Å². The summed E-state index contributed by atoms with van der Waals surface area (Å²) < 4.78 is 41.0. The molecule has 1 aliphatic rings. The molecule has 2 aromatic carbocycles. The number of carbonyl (C=O) groups excluding carboxylic acids is 1. The lowest BCUT2D eigenvalue weighted by molar-refractivity contribution is -0.118. The van der Waals surface area contributed by atoms with Gasteiger partial charge in [-0.1, -0.05) is 23.2 Å². The van der Waals surface area contributed by atoms with Crippen LogP contribution < -0.4 is 26.4 Å². The van der Waals surface area contributed by atoms with Crippen LogP contribution in [-0.4, -0.2) is 38.5 Å². The summed E-state index contributed by atoms with van der Waals surface area (Å²) in [5, 5.41) is 2.26. The molecule has 0 saturated heterocycles. The van der Waals surface area contributed by atoms with Gasteiger partial charge in [-0.25, -0.2) is 4.99 Å². The number of nitrogens with two attached hydrogens (primary N) is 2. The maximum Gasteiger partial charge on any atom is 0.333 e. The predicted molar refractivity (Wildman–Crippen MR) is 125 cm³/mol. The zero-order valence-corrected chi connectivity index (χ0v) is 19.7. The standard InChI is InChI=1S/C19H19Cl2FN6O4S/c1-19(2)27-17(23)26-18(24)28(19)11-4-6-14(13(21)8-11)32-9-16(29)25-10-3-5-12(20)15(7-10)33(22,30)31/h3-8H,9H2,1-2H3,(H,25,29)(H4,23,24,26,27). The molecule has 176 valence electrons. The third kappa shape index (κ3) is 5.64. The van der Waals surface area contributed by atoms with E-state index in [0.29, 0.717) is 5.69 Å². The van der Waals surface area contributed by atoms with Crippen LogP contribution in [0.5, 0.6) is 5.75 Å². The molecule has 0 fully saturated rings. The fraction of sp³-hybridized carbons (Fsp3) is 0.211. The second kappa shape index (κ2) is 9.04. The average molecular weight is 517 g/mol. The monoisotopic (exact) mass is 516 g/mol. The summed E-state index contributed by atoms with van der Waals surface area (Å²) >= 11 is 12.0. The van der Waals surface area contributed by atoms with Gasteiger partial charge in [-0.15, -0.1) is 3.89 Å². The molecule has 10 nitrogen and oxygen atoms in total. The topological polar surface area (TPSA) is 152 Å². The second-order valence-electron chi connectivity index (χ2n) is 7.30. The molecule has 0 radical (unpaired) electrons. The predicted octanol–water partition coefficient (Wildman–Crippen LogP) is 2.85. The van der Waals surface area contributed by atoms with Crippen LogP contribution in [0, 0.1) is 0 Å². The van der Waals surface area contributed by atoms with E-state index in [9.17, 15) is 17.1 Å². The van der Waals surface area contributed by atoms with Gasteiger partial charge in [-0.2, -0.15) is 13.4 Å². The number of ether oxygens (including phenoxy) is 1. The summed E-state index contributed by atoms with van der Waals surface area (Å²) in [6.45, 7) is 3.12. The first-order chi connectivity index (χ1) is 15.3. The molecule has 1 heterocycles. The Morgan fingerprint density at radius 3 is 2.48 bits per heavy atom. The highest BCUT2D eigenvalue weighted by Crippen LogP contribution is 2.34. The number of nitrogens with zero attached hydrogens (tertiary/aromatic N) is 3. The maximum absolute atomic E-state index is 13.3. The fourth-order valence-electron chi connectivity index (χ4n) is 3.11. The molecule has 0 atom stereocenters. The van der Waals surface area contributed by atoms with E-state index in [2.05, 4.69) is 15.3 Å². The van der Waals surface area contributed by atoms with Gasteiger partial charge in [-0.3, -0.25) is 9.69 Å². The number of rotatable bonds is 6. The Hall–Kier alpha value is -3.09. The van der Waals surface area contributed by atoms with Crippen LogP contribution in [-0.2, 0) is 15.0 Å². The minimum absolute atomic E-state index is 0.0209. The quantitative estimate of drug-likeness (QED) is 0.498. The van der Waals surface area contributed by atoms with E-state index in [1.807, 2.05) is 0 Å². The molecule has 0 saturated carbocycles. The molecular weight excluding hydrogens is 498 g/mol. The Morgan fingerprint density at radius 2 is 1.88 bits per heavy atom. The van der Waals surface area contributed by atoms with Crippen molar-refractivity contribution in [3.05, 3.63) is 46.4 Å². The number of hydrogen-bond acceptors (Lipinski definition) is 9. The molecule has 14 heteroatoms. The molecule has 33 heavy (non-hydrogen) atoms. The van der Waals surface area contributed by atoms with E-state index in [0.717, 1.165) is 12.1 Å². The first-order valence-electron chi connectivity index (χ1n) is 9.24. The Bertz CT molecular complexity index is 1280. The van der Waals surface area contributed by atoms with E-state index in [1.165, 1.54) is 12.1 Å². The van der Waals surface area contributed by atoms with Crippen LogP contribution in [0.2, 0.25) is 10.0 Å². The van der Waals surface area contributed by atoms with Gasteiger partial charge in [0, 0.05) is 11.4 Å². The summed E-state index contributed by atoms with van der Waals surface area (Å²) in [5.74, 6) is -0.248. The number of aliphatic imine (C=N–C) groups is 2. The molecule has 0 aliphatic carbocycles. The van der Waals surface area contributed by atoms with Crippen LogP contribution >= 0.6 is 23.2 Å². The van der Waals surface area contributed by atoms with Crippen molar-refractivity contribution in [2.75, 3.05) is 16.8 Å². The lowest BCUT2D eigenvalue weighted by Gasteiger charge is -2.38. The van der Waals surface area contributed by atoms with Crippen molar-refractivity contribution in [3.63, 3.8) is 0 Å². The first-order valence-corrected chi connectivity index (χ1v) is 11.4. The Labute approximate surface area is 199 Å². The van der Waals surface area contributed by atoms with Crippen LogP contribution in [0.15, 0.2) is 51.3 Å². The number of guanidine groups is 2. The van der Waals surface area contributed by atoms with E-state index in [4.69, 9.17) is 39.4 Å². The van der Waals surface area contributed by atoms with Crippen molar-refractivity contribution in [2.45, 2.75) is 24.4 Å². The van der Waals surface area contributed by atoms with Crippen molar-refractivity contribution in [2.24, 2.45) is 21.5 Å². The first kappa shape index (κ1) is 24.6. The van der Waals surface area contributed by atoms with E-state index < -0.39 is 33.3 Å². The zero-order valence-electron chi connectivity index (χ0n) is 17.3. The summed E-state index contributed by atoms with van der Waals surface area (Å²) in [4.78, 5) is 21.3. The van der Waals surface area contributed by atoms with Gasteiger partial charge in [0.1, 0.15) is 16.3 Å². The molecule has 0 unspecified atom stereocenters. The highest BCUT2D eigenvalue weighted by atomic mass is 35.5. The van der Waals surface area contributed by atoms with E-state index in [-0.39, 0.29) is 33.4 Å². The smallest absolute Gasteiger partial charge is 0.333 e. The summed E-state index contributed by atoms with van der Waals surface area (Å²) in [6.07, 6.45) is 0. The minimum atomic E-state index is -5.05. The van der Waals surface area contributed by atoms with Gasteiger partial charge in [0.25, 0.3) is 5.91 Å².